The summed E-state index contributed by atoms with van der Waals surface area (Å²) in [7, 11) is 0. The molecule has 0 unspecified atom stereocenters. The molecule has 0 radical (unpaired) electrons. The summed E-state index contributed by atoms with van der Waals surface area (Å²) in [4.78, 5) is 4.20. The Morgan fingerprint density at radius 1 is 0.852 bits per heavy atom. The Bertz CT molecular complexity index is 776. The molecule has 2 fully saturated rings. The van der Waals surface area contributed by atoms with Crippen LogP contribution < -0.4 is 9.47 Å². The Morgan fingerprint density at radius 2 is 1.63 bits per heavy atom. The van der Waals surface area contributed by atoms with Crippen LogP contribution in [0.5, 0.6) is 11.6 Å². The van der Waals surface area contributed by atoms with Crippen LogP contribution in [0.1, 0.15) is 12.8 Å². The van der Waals surface area contributed by atoms with Gasteiger partial charge in [0, 0.05) is 31.4 Å². The topological polar surface area (TPSA) is 37.8 Å². The lowest BCUT2D eigenvalue weighted by Gasteiger charge is -2.47. The first-order valence-electron chi connectivity index (χ1n) is 8.96. The van der Waals surface area contributed by atoms with Crippen molar-refractivity contribution in [1.82, 2.24) is 15.0 Å². The molecule has 0 aliphatic carbocycles. The lowest BCUT2D eigenvalue weighted by Crippen LogP contribution is -2.62. The quantitative estimate of drug-likeness (QED) is 0.698. The predicted octanol–water partition coefficient (Wildman–Crippen LogP) is 4.56. The lowest BCUT2D eigenvalue weighted by molar-refractivity contribution is -0.143. The third kappa shape index (κ3) is 4.79. The van der Waals surface area contributed by atoms with Gasteiger partial charge < -0.3 is 9.47 Å². The molecule has 27 heavy (non-hydrogen) atoms. The zero-order valence-electron chi connectivity index (χ0n) is 14.7. The number of hydrazine groups is 1. The van der Waals surface area contributed by atoms with E-state index in [9.17, 15) is 0 Å². The summed E-state index contributed by atoms with van der Waals surface area (Å²) in [6.45, 7) is 3.70. The zero-order chi connectivity index (χ0) is 18.8. The van der Waals surface area contributed by atoms with Crippen LogP contribution >= 0.6 is 34.8 Å². The van der Waals surface area contributed by atoms with Gasteiger partial charge in [0.05, 0.1) is 28.2 Å². The van der Waals surface area contributed by atoms with Crippen LogP contribution in [-0.4, -0.2) is 53.4 Å². The average Bonchev–Trinajstić information content (AvgIpc) is 2.64. The molecule has 2 aliphatic heterocycles. The van der Waals surface area contributed by atoms with Gasteiger partial charge in [-0.2, -0.15) is 0 Å². The minimum Gasteiger partial charge on any atom is -0.488 e. The van der Waals surface area contributed by atoms with E-state index in [1.807, 2.05) is 12.1 Å². The van der Waals surface area contributed by atoms with Gasteiger partial charge in [0.2, 0.25) is 5.88 Å². The van der Waals surface area contributed by atoms with Crippen molar-refractivity contribution in [1.29, 1.82) is 0 Å². The summed E-state index contributed by atoms with van der Waals surface area (Å²) in [6.07, 6.45) is 3.92. The summed E-state index contributed by atoms with van der Waals surface area (Å²) in [5.74, 6) is 1.40. The van der Waals surface area contributed by atoms with Gasteiger partial charge in [-0.05, 0) is 31.0 Å². The van der Waals surface area contributed by atoms with Crippen LogP contribution in [0.3, 0.4) is 0 Å². The molecular formula is C19H20Cl3N3O2. The minimum atomic E-state index is 0.175. The van der Waals surface area contributed by atoms with Gasteiger partial charge in [0.25, 0.3) is 0 Å². The van der Waals surface area contributed by atoms with Crippen molar-refractivity contribution in [3.05, 3.63) is 51.6 Å². The average molecular weight is 429 g/mol. The molecule has 3 heterocycles. The fourth-order valence-corrected chi connectivity index (χ4v) is 3.71. The summed E-state index contributed by atoms with van der Waals surface area (Å²) in [6, 6.07) is 8.99. The van der Waals surface area contributed by atoms with Gasteiger partial charge in [-0.25, -0.2) is 15.0 Å². The van der Waals surface area contributed by atoms with Gasteiger partial charge in [-0.1, -0.05) is 34.8 Å². The van der Waals surface area contributed by atoms with Crippen LogP contribution in [0.4, 0.5) is 0 Å². The second-order valence-corrected chi connectivity index (χ2v) is 8.02. The van der Waals surface area contributed by atoms with Crippen LogP contribution in [0.25, 0.3) is 0 Å². The summed E-state index contributed by atoms with van der Waals surface area (Å²) >= 11 is 17.8. The summed E-state index contributed by atoms with van der Waals surface area (Å²) in [5.41, 5.74) is 0. The number of hydrogen-bond donors (Lipinski definition) is 0. The highest BCUT2D eigenvalue weighted by Gasteiger charge is 2.35. The molecule has 1 aromatic heterocycles. The smallest absolute Gasteiger partial charge is 0.213 e. The molecule has 0 atom stereocenters. The SMILES string of the molecule is Clc1ccc(OC2CCN(N3CC(Oc4ccc(Cl)c(Cl)c4)C3)CC2)nc1. The number of rotatable bonds is 5. The third-order valence-corrected chi connectivity index (χ3v) is 5.79. The van der Waals surface area contributed by atoms with Crippen molar-refractivity contribution in [3.63, 3.8) is 0 Å². The Morgan fingerprint density at radius 3 is 2.30 bits per heavy atom. The number of ether oxygens (including phenoxy) is 2. The number of nitrogens with zero attached hydrogens (tertiary/aromatic N) is 3. The van der Waals surface area contributed by atoms with Crippen LogP contribution in [0.15, 0.2) is 36.5 Å². The highest BCUT2D eigenvalue weighted by molar-refractivity contribution is 6.42. The molecule has 4 rings (SSSR count). The molecule has 8 heteroatoms. The Kier molecular flexibility index (Phi) is 5.95. The first kappa shape index (κ1) is 19.1. The van der Waals surface area contributed by atoms with Crippen molar-refractivity contribution >= 4 is 34.8 Å². The molecule has 5 nitrogen and oxygen atoms in total. The van der Waals surface area contributed by atoms with E-state index in [1.54, 1.807) is 24.4 Å². The van der Waals surface area contributed by atoms with Gasteiger partial charge in [0.15, 0.2) is 0 Å². The Hall–Kier alpha value is -1.24. The molecule has 0 amide bonds. The lowest BCUT2D eigenvalue weighted by atomic mass is 10.1. The molecule has 1 aromatic carbocycles. The van der Waals surface area contributed by atoms with E-state index in [-0.39, 0.29) is 12.2 Å². The van der Waals surface area contributed by atoms with Crippen molar-refractivity contribution in [3.8, 4) is 11.6 Å². The fraction of sp³-hybridized carbons (Fsp3) is 0.421. The molecule has 2 saturated heterocycles. The van der Waals surface area contributed by atoms with Gasteiger partial charge in [-0.3, -0.25) is 0 Å². The summed E-state index contributed by atoms with van der Waals surface area (Å²) < 4.78 is 11.9. The monoisotopic (exact) mass is 427 g/mol. The first-order valence-corrected chi connectivity index (χ1v) is 10.1. The van der Waals surface area contributed by atoms with Crippen molar-refractivity contribution in [2.45, 2.75) is 25.0 Å². The Balaban J connectivity index is 1.20. The maximum absolute atomic E-state index is 6.03. The normalized spacial score (nSPS) is 19.7. The van der Waals surface area contributed by atoms with Crippen LogP contribution in [-0.2, 0) is 0 Å². The molecule has 0 N–H and O–H groups in total. The number of halogens is 3. The van der Waals surface area contributed by atoms with E-state index in [0.717, 1.165) is 44.8 Å². The van der Waals surface area contributed by atoms with Gasteiger partial charge in [0.1, 0.15) is 18.0 Å². The van der Waals surface area contributed by atoms with E-state index >= 15 is 0 Å². The van der Waals surface area contributed by atoms with Crippen molar-refractivity contribution < 1.29 is 9.47 Å². The van der Waals surface area contributed by atoms with Crippen molar-refractivity contribution in [2.75, 3.05) is 26.2 Å². The standard InChI is InChI=1S/C19H20Cl3N3O2/c20-13-1-4-19(23-10-13)27-14-5-7-24(8-6-14)25-11-16(12-25)26-15-2-3-17(21)18(22)9-15/h1-4,9-10,14,16H,5-8,11-12H2. The highest BCUT2D eigenvalue weighted by Crippen LogP contribution is 2.29. The van der Waals surface area contributed by atoms with E-state index < -0.39 is 0 Å². The molecule has 144 valence electrons. The molecular weight excluding hydrogens is 409 g/mol. The number of hydrogen-bond acceptors (Lipinski definition) is 5. The van der Waals surface area contributed by atoms with Crippen LogP contribution in [0, 0.1) is 0 Å². The first-order chi connectivity index (χ1) is 13.1. The molecule has 0 spiro atoms. The molecule has 2 aliphatic rings. The minimum absolute atomic E-state index is 0.175. The maximum Gasteiger partial charge on any atom is 0.213 e. The van der Waals surface area contributed by atoms with Crippen molar-refractivity contribution in [2.24, 2.45) is 0 Å². The van der Waals surface area contributed by atoms with E-state index in [2.05, 4.69) is 15.0 Å². The van der Waals surface area contributed by atoms with E-state index in [1.165, 1.54) is 0 Å². The Labute approximate surface area is 173 Å². The number of pyridine rings is 1. The van der Waals surface area contributed by atoms with Gasteiger partial charge in [-0.15, -0.1) is 0 Å². The molecule has 2 aromatic rings. The number of aromatic nitrogens is 1. The predicted molar refractivity (Wildman–Crippen MR) is 107 cm³/mol. The zero-order valence-corrected chi connectivity index (χ0v) is 16.9. The summed E-state index contributed by atoms with van der Waals surface area (Å²) in [5, 5.41) is 6.39. The molecule has 0 saturated carbocycles. The largest absolute Gasteiger partial charge is 0.488 e. The van der Waals surface area contributed by atoms with Crippen LogP contribution in [0.2, 0.25) is 15.1 Å². The van der Waals surface area contributed by atoms with E-state index in [4.69, 9.17) is 44.3 Å². The van der Waals surface area contributed by atoms with Gasteiger partial charge >= 0.3 is 0 Å². The second kappa shape index (κ2) is 8.41. The third-order valence-electron chi connectivity index (χ3n) is 4.83. The second-order valence-electron chi connectivity index (χ2n) is 6.77. The molecule has 0 bridgehead atoms. The fourth-order valence-electron chi connectivity index (χ4n) is 3.31. The number of piperidine rings is 1. The highest BCUT2D eigenvalue weighted by atomic mass is 35.5. The van der Waals surface area contributed by atoms with E-state index in [0.29, 0.717) is 20.9 Å². The maximum atomic E-state index is 6.03. The number of benzene rings is 1.